The van der Waals surface area contributed by atoms with E-state index in [0.717, 1.165) is 25.7 Å². The third-order valence-electron chi connectivity index (χ3n) is 6.43. The molecular weight excluding hydrogens is 380 g/mol. The molecule has 4 aliphatic carbocycles. The third kappa shape index (κ3) is 4.47. The molecule has 1 aliphatic heterocycles. The average Bonchev–Trinajstić information content (AvgIpc) is 3.04. The van der Waals surface area contributed by atoms with Crippen molar-refractivity contribution in [3.05, 3.63) is 24.0 Å². The second-order valence-electron chi connectivity index (χ2n) is 8.82. The number of ether oxygens (including phenoxy) is 2. The Hall–Kier alpha value is -2.35. The second-order valence-corrected chi connectivity index (χ2v) is 8.82. The smallest absolute Gasteiger partial charge is 0.334 e. The predicted molar refractivity (Wildman–Crippen MR) is 101 cm³/mol. The molecule has 0 amide bonds. The number of hydrogen-bond donors (Lipinski definition) is 3. The number of aliphatic hydroxyl groups is 2. The summed E-state index contributed by atoms with van der Waals surface area (Å²) in [5.41, 5.74) is -1.15. The molecule has 0 spiro atoms. The number of carboxylic acids is 1. The van der Waals surface area contributed by atoms with Crippen molar-refractivity contribution >= 4 is 17.9 Å². The lowest BCUT2D eigenvalue weighted by atomic mass is 9.52. The van der Waals surface area contributed by atoms with E-state index < -0.39 is 29.2 Å². The summed E-state index contributed by atoms with van der Waals surface area (Å²) in [5.74, 6) is -2.22. The summed E-state index contributed by atoms with van der Waals surface area (Å²) in [4.78, 5) is 32.7. The fourth-order valence-corrected chi connectivity index (χ4v) is 5.62. The normalized spacial score (nSPS) is 37.7. The van der Waals surface area contributed by atoms with E-state index in [0.29, 0.717) is 24.7 Å². The lowest BCUT2D eigenvalue weighted by molar-refractivity contribution is -0.216. The molecule has 5 rings (SSSR count). The van der Waals surface area contributed by atoms with Crippen LogP contribution in [-0.2, 0) is 23.9 Å². The Kier molecular flexibility index (Phi) is 5.76. The van der Waals surface area contributed by atoms with Gasteiger partial charge in [-0.3, -0.25) is 4.79 Å². The van der Waals surface area contributed by atoms with Crippen molar-refractivity contribution in [1.29, 1.82) is 0 Å². The summed E-state index contributed by atoms with van der Waals surface area (Å²) in [6.07, 6.45) is 7.07. The Morgan fingerprint density at radius 3 is 2.28 bits per heavy atom. The predicted octanol–water partition coefficient (Wildman–Crippen LogP) is 2.27. The van der Waals surface area contributed by atoms with Gasteiger partial charge in [0.25, 0.3) is 0 Å². The first-order chi connectivity index (χ1) is 13.6. The average molecular weight is 408 g/mol. The number of hydrogen-bond acceptors (Lipinski definition) is 7. The molecule has 29 heavy (non-hydrogen) atoms. The van der Waals surface area contributed by atoms with Crippen LogP contribution in [0, 0.1) is 17.8 Å². The van der Waals surface area contributed by atoms with Crippen LogP contribution in [-0.4, -0.2) is 51.0 Å². The molecule has 8 nitrogen and oxygen atoms in total. The van der Waals surface area contributed by atoms with Crippen molar-refractivity contribution < 1.29 is 39.2 Å². The maximum absolute atomic E-state index is 11.4. The van der Waals surface area contributed by atoms with E-state index in [1.54, 1.807) is 0 Å². The summed E-state index contributed by atoms with van der Waals surface area (Å²) in [7, 11) is 0. The van der Waals surface area contributed by atoms with Crippen molar-refractivity contribution in [2.75, 3.05) is 6.61 Å². The van der Waals surface area contributed by atoms with Gasteiger partial charge in [0.15, 0.2) is 0 Å². The minimum Gasteiger partial charge on any atom is -0.511 e. The van der Waals surface area contributed by atoms with Crippen LogP contribution >= 0.6 is 0 Å². The van der Waals surface area contributed by atoms with Crippen LogP contribution < -0.4 is 0 Å². The maximum atomic E-state index is 11.4. The minimum absolute atomic E-state index is 0.205. The fraction of sp³-hybridized carbons (Fsp3) is 0.667. The molecule has 160 valence electrons. The van der Waals surface area contributed by atoms with Gasteiger partial charge >= 0.3 is 17.9 Å². The molecule has 3 unspecified atom stereocenters. The largest absolute Gasteiger partial charge is 0.511 e. The molecule has 0 aromatic rings. The Labute approximate surface area is 169 Å². The lowest BCUT2D eigenvalue weighted by Gasteiger charge is -2.59. The summed E-state index contributed by atoms with van der Waals surface area (Å²) >= 11 is 0. The zero-order chi connectivity index (χ0) is 21.4. The maximum Gasteiger partial charge on any atom is 0.334 e. The highest BCUT2D eigenvalue weighted by Gasteiger charge is 2.59. The highest BCUT2D eigenvalue weighted by molar-refractivity contribution is 5.88. The van der Waals surface area contributed by atoms with E-state index in [-0.39, 0.29) is 23.8 Å². The molecule has 5 fully saturated rings. The van der Waals surface area contributed by atoms with Gasteiger partial charge in [-0.05, 0) is 50.9 Å². The Balaban J connectivity index is 0.000000170. The molecule has 5 aliphatic rings. The first-order valence-electron chi connectivity index (χ1n) is 9.94. The molecule has 0 radical (unpaired) electrons. The van der Waals surface area contributed by atoms with Crippen LogP contribution in [0.15, 0.2) is 24.0 Å². The minimum atomic E-state index is -1.22. The molecule has 3 atom stereocenters. The van der Waals surface area contributed by atoms with Gasteiger partial charge in [0.1, 0.15) is 17.3 Å². The third-order valence-corrected chi connectivity index (χ3v) is 6.43. The molecule has 0 aromatic carbocycles. The molecule has 3 N–H and O–H groups in total. The lowest BCUT2D eigenvalue weighted by Crippen LogP contribution is -2.60. The van der Waals surface area contributed by atoms with E-state index in [1.807, 2.05) is 0 Å². The molecular formula is C21H28O8. The Morgan fingerprint density at radius 1 is 1.21 bits per heavy atom. The topological polar surface area (TPSA) is 130 Å². The number of carbonyl (C=O) groups excluding carboxylic acids is 2. The summed E-state index contributed by atoms with van der Waals surface area (Å²) in [6, 6.07) is 0. The zero-order valence-corrected chi connectivity index (χ0v) is 16.6. The van der Waals surface area contributed by atoms with Gasteiger partial charge in [-0.25, -0.2) is 9.59 Å². The van der Waals surface area contributed by atoms with Crippen LogP contribution in [0.25, 0.3) is 0 Å². The summed E-state index contributed by atoms with van der Waals surface area (Å²) in [6.45, 7) is 4.93. The number of aliphatic hydroxyl groups excluding tert-OH is 1. The van der Waals surface area contributed by atoms with Crippen LogP contribution in [0.3, 0.4) is 0 Å². The quantitative estimate of drug-likeness (QED) is 0.367. The van der Waals surface area contributed by atoms with Crippen LogP contribution in [0.1, 0.15) is 51.9 Å². The number of cyclic esters (lactones) is 1. The van der Waals surface area contributed by atoms with Crippen molar-refractivity contribution in [3.8, 4) is 0 Å². The number of carbonyl (C=O) groups is 3. The van der Waals surface area contributed by atoms with Crippen molar-refractivity contribution in [1.82, 2.24) is 0 Å². The summed E-state index contributed by atoms with van der Waals surface area (Å²) in [5, 5.41) is 28.3. The standard InChI is InChI=1S/C13H18O3.C8H10O5/c1-2-11(14)16-13-6-9-3-10(7-13)5-12(15,4-9)8-13;1-4(7(10)11)6(9)5-2-3-13-8(5)12/h2,9-10,15H,1,3-8H2;5,9H,2-3H2,1H3,(H,10,11). The number of esters is 2. The monoisotopic (exact) mass is 408 g/mol. The van der Waals surface area contributed by atoms with Gasteiger partial charge in [-0.15, -0.1) is 0 Å². The van der Waals surface area contributed by atoms with Gasteiger partial charge < -0.3 is 24.8 Å². The van der Waals surface area contributed by atoms with Crippen molar-refractivity contribution in [2.45, 2.75) is 63.1 Å². The molecule has 4 saturated carbocycles. The van der Waals surface area contributed by atoms with E-state index in [9.17, 15) is 24.6 Å². The Morgan fingerprint density at radius 2 is 1.83 bits per heavy atom. The molecule has 4 bridgehead atoms. The summed E-state index contributed by atoms with van der Waals surface area (Å²) < 4.78 is 10.1. The van der Waals surface area contributed by atoms with Crippen LogP contribution in [0.4, 0.5) is 0 Å². The van der Waals surface area contributed by atoms with Gasteiger partial charge in [0.05, 0.1) is 17.8 Å². The SMILES string of the molecule is C=CC(=O)OC12CC3CC(CC(O)(C3)C1)C2.CC(C(=O)O)=C(O)C1CCOC1=O. The van der Waals surface area contributed by atoms with Crippen molar-refractivity contribution in [3.63, 3.8) is 0 Å². The molecule has 1 heterocycles. The van der Waals surface area contributed by atoms with Crippen LogP contribution in [0.5, 0.6) is 0 Å². The van der Waals surface area contributed by atoms with E-state index >= 15 is 0 Å². The highest BCUT2D eigenvalue weighted by atomic mass is 16.6. The number of rotatable bonds is 4. The van der Waals surface area contributed by atoms with Gasteiger partial charge in [-0.1, -0.05) is 6.58 Å². The van der Waals surface area contributed by atoms with E-state index in [1.165, 1.54) is 19.4 Å². The van der Waals surface area contributed by atoms with Gasteiger partial charge in [-0.2, -0.15) is 0 Å². The fourth-order valence-electron chi connectivity index (χ4n) is 5.62. The first kappa shape index (κ1) is 21.4. The van der Waals surface area contributed by atoms with Crippen LogP contribution in [0.2, 0.25) is 0 Å². The number of aliphatic carboxylic acids is 1. The van der Waals surface area contributed by atoms with Crippen molar-refractivity contribution in [2.24, 2.45) is 17.8 Å². The number of carboxylic acid groups (broad SMARTS) is 1. The van der Waals surface area contributed by atoms with E-state index in [2.05, 4.69) is 11.3 Å². The molecule has 8 heteroatoms. The molecule has 1 saturated heterocycles. The Bertz CT molecular complexity index is 738. The van der Waals surface area contributed by atoms with Gasteiger partial charge in [0, 0.05) is 18.9 Å². The zero-order valence-electron chi connectivity index (χ0n) is 16.6. The highest BCUT2D eigenvalue weighted by Crippen LogP contribution is 2.58. The van der Waals surface area contributed by atoms with E-state index in [4.69, 9.17) is 9.84 Å². The first-order valence-corrected chi connectivity index (χ1v) is 9.94. The second kappa shape index (κ2) is 7.82. The van der Waals surface area contributed by atoms with Gasteiger partial charge in [0.2, 0.25) is 0 Å². The molecule has 0 aromatic heterocycles.